The molecule has 3 heterocycles. The molecule has 0 saturated heterocycles. The van der Waals surface area contributed by atoms with Gasteiger partial charge in [0.15, 0.2) is 0 Å². The maximum Gasteiger partial charge on any atom is 0.368 e. The Morgan fingerprint density at radius 2 is 1.84 bits per heavy atom. The Morgan fingerprint density at radius 3 is 2.65 bits per heavy atom. The molecule has 0 atom stereocenters. The number of benzene rings is 2. The van der Waals surface area contributed by atoms with E-state index in [9.17, 15) is 4.79 Å². The van der Waals surface area contributed by atoms with Gasteiger partial charge in [0.25, 0.3) is 0 Å². The molecule has 0 spiro atoms. The van der Waals surface area contributed by atoms with Crippen molar-refractivity contribution in [2.24, 2.45) is 7.05 Å². The van der Waals surface area contributed by atoms with Gasteiger partial charge in [0.1, 0.15) is 6.61 Å². The lowest BCUT2D eigenvalue weighted by atomic mass is 10.1. The van der Waals surface area contributed by atoms with Gasteiger partial charge < -0.3 is 4.74 Å². The van der Waals surface area contributed by atoms with Gasteiger partial charge in [-0.05, 0) is 52.6 Å². The van der Waals surface area contributed by atoms with Crippen molar-refractivity contribution in [3.05, 3.63) is 88.3 Å². The van der Waals surface area contributed by atoms with Crippen molar-refractivity contribution in [2.75, 3.05) is 0 Å². The first-order valence-corrected chi connectivity index (χ1v) is 10.6. The monoisotopic (exact) mass is 429 g/mol. The summed E-state index contributed by atoms with van der Waals surface area (Å²) in [5.74, 6) is 0.524. The van der Waals surface area contributed by atoms with Gasteiger partial charge in [-0.25, -0.2) is 9.78 Å². The number of fused-ring (bicyclic) bond motifs is 1. The van der Waals surface area contributed by atoms with Crippen LogP contribution in [0, 0.1) is 6.92 Å². The number of tetrazole rings is 1. The lowest BCUT2D eigenvalue weighted by Gasteiger charge is -2.12. The molecule has 8 heteroatoms. The zero-order chi connectivity index (χ0) is 21.4. The van der Waals surface area contributed by atoms with E-state index in [2.05, 4.69) is 28.6 Å². The van der Waals surface area contributed by atoms with Gasteiger partial charge in [-0.2, -0.15) is 9.36 Å². The molecule has 0 bridgehead atoms. The van der Waals surface area contributed by atoms with Crippen LogP contribution in [0.3, 0.4) is 0 Å². The Bertz CT molecular complexity index is 1420. The summed E-state index contributed by atoms with van der Waals surface area (Å²) in [6.45, 7) is 2.23. The molecule has 0 aliphatic rings. The lowest BCUT2D eigenvalue weighted by molar-refractivity contribution is 0.293. The Morgan fingerprint density at radius 1 is 1.00 bits per heavy atom. The van der Waals surface area contributed by atoms with Gasteiger partial charge in [0, 0.05) is 23.4 Å². The lowest BCUT2D eigenvalue weighted by Crippen LogP contribution is -2.23. The molecule has 0 N–H and O–H groups in total. The third kappa shape index (κ3) is 3.62. The second-order valence-corrected chi connectivity index (χ2v) is 8.25. The summed E-state index contributed by atoms with van der Waals surface area (Å²) < 4.78 is 9.75. The van der Waals surface area contributed by atoms with Crippen LogP contribution in [-0.4, -0.2) is 24.8 Å². The molecule has 0 saturated carbocycles. The fourth-order valence-corrected chi connectivity index (χ4v) is 4.46. The molecule has 7 nitrogen and oxygen atoms in total. The Hall–Kier alpha value is -3.78. The number of thiophene rings is 1. The second-order valence-electron chi connectivity index (χ2n) is 7.17. The van der Waals surface area contributed by atoms with E-state index in [-0.39, 0.29) is 12.3 Å². The first-order valence-electron chi connectivity index (χ1n) is 9.77. The van der Waals surface area contributed by atoms with E-state index in [0.29, 0.717) is 11.6 Å². The molecular formula is C23H19N5O2S. The van der Waals surface area contributed by atoms with Crippen LogP contribution >= 0.6 is 11.3 Å². The van der Waals surface area contributed by atoms with E-state index >= 15 is 0 Å². The largest absolute Gasteiger partial charge is 0.473 e. The molecule has 0 amide bonds. The topological polar surface area (TPSA) is 74.8 Å². The second kappa shape index (κ2) is 7.81. The maximum atomic E-state index is 12.3. The van der Waals surface area contributed by atoms with Crippen molar-refractivity contribution >= 4 is 21.4 Å². The van der Waals surface area contributed by atoms with Crippen LogP contribution in [0.1, 0.15) is 11.1 Å². The molecule has 5 aromatic rings. The van der Waals surface area contributed by atoms with Crippen LogP contribution in [0.15, 0.2) is 71.5 Å². The molecule has 154 valence electrons. The summed E-state index contributed by atoms with van der Waals surface area (Å²) >= 11 is 1.71. The fraction of sp³-hybridized carbons (Fsp3) is 0.130. The molecule has 0 aliphatic heterocycles. The number of pyridine rings is 1. The van der Waals surface area contributed by atoms with Gasteiger partial charge >= 0.3 is 5.69 Å². The van der Waals surface area contributed by atoms with Crippen molar-refractivity contribution < 1.29 is 4.74 Å². The minimum atomic E-state index is -0.309. The Kier molecular flexibility index (Phi) is 4.83. The molecular weight excluding hydrogens is 410 g/mol. The summed E-state index contributed by atoms with van der Waals surface area (Å²) in [4.78, 5) is 18.1. The molecule has 0 radical (unpaired) electrons. The highest BCUT2D eigenvalue weighted by atomic mass is 32.1. The van der Waals surface area contributed by atoms with Crippen LogP contribution in [0.5, 0.6) is 5.88 Å². The first kappa shape index (κ1) is 19.2. The van der Waals surface area contributed by atoms with E-state index in [0.717, 1.165) is 21.7 Å². The predicted octanol–water partition coefficient (Wildman–Crippen LogP) is 4.13. The van der Waals surface area contributed by atoms with E-state index in [1.54, 1.807) is 18.4 Å². The van der Waals surface area contributed by atoms with Crippen LogP contribution in [-0.2, 0) is 13.7 Å². The average molecular weight is 430 g/mol. The highest BCUT2D eigenvalue weighted by Crippen LogP contribution is 2.33. The number of rotatable bonds is 5. The summed E-state index contributed by atoms with van der Waals surface area (Å²) in [5.41, 5.74) is 3.07. The first-order chi connectivity index (χ1) is 15.1. The fourth-order valence-electron chi connectivity index (χ4n) is 3.42. The SMILES string of the molecule is Cc1cccc(-n2nnn(C)c2=O)c1COc1cccc(-c2cc3ccccc3s2)n1. The molecule has 3 aromatic heterocycles. The van der Waals surface area contributed by atoms with Gasteiger partial charge in [-0.15, -0.1) is 11.3 Å². The highest BCUT2D eigenvalue weighted by molar-refractivity contribution is 7.22. The van der Waals surface area contributed by atoms with Gasteiger partial charge in [0.05, 0.1) is 16.3 Å². The molecule has 0 aliphatic carbocycles. The van der Waals surface area contributed by atoms with E-state index in [1.807, 2.05) is 55.5 Å². The number of ether oxygens (including phenoxy) is 1. The van der Waals surface area contributed by atoms with Gasteiger partial charge in [0.2, 0.25) is 5.88 Å². The van der Waals surface area contributed by atoms with Crippen molar-refractivity contribution in [1.29, 1.82) is 0 Å². The van der Waals surface area contributed by atoms with Crippen LogP contribution in [0.4, 0.5) is 0 Å². The predicted molar refractivity (Wildman–Crippen MR) is 121 cm³/mol. The van der Waals surface area contributed by atoms with E-state index in [4.69, 9.17) is 9.72 Å². The van der Waals surface area contributed by atoms with Crippen LogP contribution < -0.4 is 10.4 Å². The molecule has 2 aromatic carbocycles. The average Bonchev–Trinajstić information content (AvgIpc) is 3.36. The molecule has 0 fully saturated rings. The quantitative estimate of drug-likeness (QED) is 0.420. The Labute approximate surface area is 182 Å². The van der Waals surface area contributed by atoms with Gasteiger partial charge in [-0.3, -0.25) is 0 Å². The minimum absolute atomic E-state index is 0.258. The van der Waals surface area contributed by atoms with Crippen molar-refractivity contribution in [1.82, 2.24) is 24.8 Å². The minimum Gasteiger partial charge on any atom is -0.473 e. The van der Waals surface area contributed by atoms with E-state index in [1.165, 1.54) is 19.4 Å². The normalized spacial score (nSPS) is 11.2. The van der Waals surface area contributed by atoms with E-state index < -0.39 is 0 Å². The third-order valence-corrected chi connectivity index (χ3v) is 6.24. The summed E-state index contributed by atoms with van der Waals surface area (Å²) in [5, 5.41) is 8.98. The van der Waals surface area contributed by atoms with Crippen LogP contribution in [0.2, 0.25) is 0 Å². The third-order valence-electron chi connectivity index (χ3n) is 5.10. The molecule has 31 heavy (non-hydrogen) atoms. The molecule has 5 rings (SSSR count). The summed E-state index contributed by atoms with van der Waals surface area (Å²) in [6, 6.07) is 21.9. The van der Waals surface area contributed by atoms with Crippen molar-refractivity contribution in [3.8, 4) is 22.1 Å². The number of aromatic nitrogens is 5. The van der Waals surface area contributed by atoms with Crippen LogP contribution in [0.25, 0.3) is 26.3 Å². The van der Waals surface area contributed by atoms with Crippen molar-refractivity contribution in [3.63, 3.8) is 0 Å². The summed E-state index contributed by atoms with van der Waals surface area (Å²) in [7, 11) is 1.57. The maximum absolute atomic E-state index is 12.3. The molecule has 0 unspecified atom stereocenters. The Balaban J connectivity index is 1.44. The zero-order valence-electron chi connectivity index (χ0n) is 17.0. The summed E-state index contributed by atoms with van der Waals surface area (Å²) in [6.07, 6.45) is 0. The van der Waals surface area contributed by atoms with Gasteiger partial charge in [-0.1, -0.05) is 36.4 Å². The number of aryl methyl sites for hydroxylation is 2. The van der Waals surface area contributed by atoms with Crippen molar-refractivity contribution in [2.45, 2.75) is 13.5 Å². The number of nitrogens with zero attached hydrogens (tertiary/aromatic N) is 5. The number of hydrogen-bond donors (Lipinski definition) is 0. The highest BCUT2D eigenvalue weighted by Gasteiger charge is 2.14. The zero-order valence-corrected chi connectivity index (χ0v) is 17.8. The standard InChI is InChI=1S/C23H19N5O2S/c1-15-7-5-10-19(28-23(29)27(2)25-26-28)17(15)14-30-22-12-6-9-18(24-22)21-13-16-8-3-4-11-20(16)31-21/h3-13H,14H2,1-2H3. The number of hydrogen-bond acceptors (Lipinski definition) is 6. The smallest absolute Gasteiger partial charge is 0.368 e.